The molecule has 2 N–H and O–H groups in total. The molecular weight excluding hydrogens is 224 g/mol. The van der Waals surface area contributed by atoms with Crippen LogP contribution in [0, 0.1) is 12.8 Å². The molecule has 1 saturated heterocycles. The van der Waals surface area contributed by atoms with Gasteiger partial charge in [-0.05, 0) is 37.2 Å². The maximum absolute atomic E-state index is 5.90. The van der Waals surface area contributed by atoms with Gasteiger partial charge in [-0.3, -0.25) is 0 Å². The minimum atomic E-state index is 0.504. The van der Waals surface area contributed by atoms with E-state index in [0.29, 0.717) is 5.92 Å². The van der Waals surface area contributed by atoms with Gasteiger partial charge in [0.25, 0.3) is 0 Å². The second-order valence-electron chi connectivity index (χ2n) is 4.12. The van der Waals surface area contributed by atoms with Crippen molar-refractivity contribution in [1.29, 1.82) is 0 Å². The van der Waals surface area contributed by atoms with E-state index >= 15 is 0 Å². The number of thioether (sulfide) groups is 1. The van der Waals surface area contributed by atoms with Gasteiger partial charge in [-0.25, -0.2) is 4.98 Å². The molecule has 0 bridgehead atoms. The lowest BCUT2D eigenvalue weighted by atomic mass is 9.88. The number of hydrogen-bond donors (Lipinski definition) is 1. The van der Waals surface area contributed by atoms with E-state index in [4.69, 9.17) is 5.73 Å². The zero-order valence-corrected chi connectivity index (χ0v) is 10.7. The van der Waals surface area contributed by atoms with E-state index in [-0.39, 0.29) is 0 Å². The van der Waals surface area contributed by atoms with Gasteiger partial charge < -0.3 is 5.73 Å². The molecule has 0 aromatic carbocycles. The van der Waals surface area contributed by atoms with E-state index in [1.807, 2.05) is 0 Å². The average Bonchev–Trinajstić information content (AvgIpc) is 2.68. The van der Waals surface area contributed by atoms with Crippen molar-refractivity contribution in [3.8, 4) is 0 Å². The molecule has 0 spiro atoms. The van der Waals surface area contributed by atoms with Gasteiger partial charge in [0.2, 0.25) is 0 Å². The smallest absolute Gasteiger partial charge is 0.0974 e. The number of hydrogen-bond acceptors (Lipinski definition) is 4. The van der Waals surface area contributed by atoms with Crippen LogP contribution in [0.25, 0.3) is 0 Å². The summed E-state index contributed by atoms with van der Waals surface area (Å²) in [6.07, 6.45) is 2.62. The van der Waals surface area contributed by atoms with Gasteiger partial charge in [0.05, 0.1) is 5.01 Å². The quantitative estimate of drug-likeness (QED) is 0.885. The Balaban J connectivity index is 2.08. The van der Waals surface area contributed by atoms with Crippen molar-refractivity contribution in [3.63, 3.8) is 0 Å². The highest BCUT2D eigenvalue weighted by atomic mass is 32.2. The van der Waals surface area contributed by atoms with Gasteiger partial charge in [-0.15, -0.1) is 11.3 Å². The summed E-state index contributed by atoms with van der Waals surface area (Å²) in [5.74, 6) is 3.86. The molecule has 1 fully saturated rings. The first-order valence-electron chi connectivity index (χ1n) is 5.51. The fourth-order valence-corrected chi connectivity index (χ4v) is 4.30. The first-order valence-corrected chi connectivity index (χ1v) is 7.54. The Bertz CT molecular complexity index is 305. The highest BCUT2D eigenvalue weighted by Gasteiger charge is 2.26. The lowest BCUT2D eigenvalue weighted by molar-refractivity contribution is 0.399. The van der Waals surface area contributed by atoms with Gasteiger partial charge in [0.1, 0.15) is 0 Å². The van der Waals surface area contributed by atoms with Crippen molar-refractivity contribution in [2.75, 3.05) is 18.1 Å². The fraction of sp³-hybridized carbons (Fsp3) is 0.727. The van der Waals surface area contributed by atoms with Crippen molar-refractivity contribution in [3.05, 3.63) is 16.1 Å². The molecule has 0 radical (unpaired) electrons. The lowest BCUT2D eigenvalue weighted by Gasteiger charge is -2.27. The highest BCUT2D eigenvalue weighted by molar-refractivity contribution is 7.99. The van der Waals surface area contributed by atoms with Crippen LogP contribution >= 0.6 is 23.1 Å². The lowest BCUT2D eigenvalue weighted by Crippen LogP contribution is -2.24. The summed E-state index contributed by atoms with van der Waals surface area (Å²) < 4.78 is 0. The Morgan fingerprint density at radius 1 is 1.53 bits per heavy atom. The summed E-state index contributed by atoms with van der Waals surface area (Å²) in [6, 6.07) is 0. The zero-order valence-electron chi connectivity index (χ0n) is 9.11. The van der Waals surface area contributed by atoms with Crippen LogP contribution in [0.15, 0.2) is 5.38 Å². The maximum Gasteiger partial charge on any atom is 0.0974 e. The topological polar surface area (TPSA) is 38.9 Å². The summed E-state index contributed by atoms with van der Waals surface area (Å²) in [6.45, 7) is 2.81. The number of nitrogens with two attached hydrogens (primary N) is 1. The summed E-state index contributed by atoms with van der Waals surface area (Å²) in [5.41, 5.74) is 7.04. The molecule has 15 heavy (non-hydrogen) atoms. The van der Waals surface area contributed by atoms with Crippen LogP contribution in [-0.4, -0.2) is 23.0 Å². The van der Waals surface area contributed by atoms with Crippen molar-refractivity contribution in [2.24, 2.45) is 11.7 Å². The third-order valence-corrected chi connectivity index (χ3v) is 5.19. The molecule has 1 aliphatic heterocycles. The minimum Gasteiger partial charge on any atom is -0.330 e. The second-order valence-corrected chi connectivity index (χ2v) is 6.23. The monoisotopic (exact) mass is 242 g/mol. The second kappa shape index (κ2) is 5.32. The predicted molar refractivity (Wildman–Crippen MR) is 68.7 cm³/mol. The summed E-state index contributed by atoms with van der Waals surface area (Å²) in [5, 5.41) is 3.39. The van der Waals surface area contributed by atoms with E-state index in [2.05, 4.69) is 29.0 Å². The van der Waals surface area contributed by atoms with Gasteiger partial charge in [0.15, 0.2) is 0 Å². The Morgan fingerprint density at radius 2 is 2.27 bits per heavy atom. The third kappa shape index (κ3) is 2.74. The maximum atomic E-state index is 5.90. The first-order chi connectivity index (χ1) is 7.31. The van der Waals surface area contributed by atoms with Crippen LogP contribution < -0.4 is 5.73 Å². The van der Waals surface area contributed by atoms with E-state index in [1.54, 1.807) is 11.3 Å². The molecule has 84 valence electrons. The normalized spacial score (nSPS) is 20.4. The predicted octanol–water partition coefficient (Wildman–Crippen LogP) is 2.64. The molecule has 1 atom stereocenters. The molecule has 1 aromatic rings. The molecule has 1 aromatic heterocycles. The Kier molecular flexibility index (Phi) is 4.05. The Morgan fingerprint density at radius 3 is 2.80 bits per heavy atom. The number of nitrogens with zero attached hydrogens (tertiary/aromatic N) is 1. The van der Waals surface area contributed by atoms with Crippen LogP contribution in [-0.2, 0) is 0 Å². The summed E-state index contributed by atoms with van der Waals surface area (Å²) >= 11 is 3.85. The molecule has 4 heteroatoms. The van der Waals surface area contributed by atoms with Gasteiger partial charge >= 0.3 is 0 Å². The molecule has 2 nitrogen and oxygen atoms in total. The van der Waals surface area contributed by atoms with Crippen LogP contribution in [0.2, 0.25) is 0 Å². The third-order valence-electron chi connectivity index (χ3n) is 3.04. The first kappa shape index (κ1) is 11.4. The largest absolute Gasteiger partial charge is 0.330 e. The van der Waals surface area contributed by atoms with Gasteiger partial charge in [0, 0.05) is 23.5 Å². The summed E-state index contributed by atoms with van der Waals surface area (Å²) in [4.78, 5) is 4.59. The number of rotatable bonds is 3. The fourth-order valence-electron chi connectivity index (χ4n) is 2.16. The standard InChI is InChI=1S/C11H18N2S2/c1-8-7-15-11(13-8)10(6-12)9-2-4-14-5-3-9/h7,9-10H,2-6,12H2,1H3. The average molecular weight is 242 g/mol. The van der Waals surface area contributed by atoms with E-state index in [1.165, 1.54) is 29.4 Å². The molecule has 1 unspecified atom stereocenters. The zero-order chi connectivity index (χ0) is 10.7. The van der Waals surface area contributed by atoms with E-state index in [9.17, 15) is 0 Å². The molecule has 2 heterocycles. The van der Waals surface area contributed by atoms with E-state index < -0.39 is 0 Å². The molecule has 0 amide bonds. The number of aromatic nitrogens is 1. The Labute approximate surface area is 99.7 Å². The van der Waals surface area contributed by atoms with Crippen molar-refractivity contribution in [2.45, 2.75) is 25.7 Å². The van der Waals surface area contributed by atoms with Crippen LogP contribution in [0.3, 0.4) is 0 Å². The number of aryl methyl sites for hydroxylation is 1. The SMILES string of the molecule is Cc1csc(C(CN)C2CCSCC2)n1. The van der Waals surface area contributed by atoms with Gasteiger partial charge in [-0.2, -0.15) is 11.8 Å². The van der Waals surface area contributed by atoms with Crippen LogP contribution in [0.5, 0.6) is 0 Å². The molecular formula is C11H18N2S2. The van der Waals surface area contributed by atoms with Crippen molar-refractivity contribution in [1.82, 2.24) is 4.98 Å². The van der Waals surface area contributed by atoms with Crippen molar-refractivity contribution < 1.29 is 0 Å². The van der Waals surface area contributed by atoms with E-state index in [0.717, 1.165) is 18.2 Å². The molecule has 0 saturated carbocycles. The van der Waals surface area contributed by atoms with Crippen LogP contribution in [0.4, 0.5) is 0 Å². The molecule has 0 aliphatic carbocycles. The Hall–Kier alpha value is -0.0600. The van der Waals surface area contributed by atoms with Crippen molar-refractivity contribution >= 4 is 23.1 Å². The molecule has 1 aliphatic rings. The van der Waals surface area contributed by atoms with Crippen LogP contribution in [0.1, 0.15) is 29.5 Å². The minimum absolute atomic E-state index is 0.504. The number of thiazole rings is 1. The van der Waals surface area contributed by atoms with Gasteiger partial charge in [-0.1, -0.05) is 0 Å². The molecule has 2 rings (SSSR count). The summed E-state index contributed by atoms with van der Waals surface area (Å²) in [7, 11) is 0. The highest BCUT2D eigenvalue weighted by Crippen LogP contribution is 2.35.